The fraction of sp³-hybridized carbons (Fsp3) is 0.857. The maximum absolute atomic E-state index is 12.2. The molecule has 3 aliphatic rings. The van der Waals surface area contributed by atoms with Crippen molar-refractivity contribution >= 4 is 28.2 Å². The smallest absolute Gasteiger partial charge is 0.397 e. The minimum Gasteiger partial charge on any atom is -0.479 e. The van der Waals surface area contributed by atoms with Crippen LogP contribution in [0.1, 0.15) is 6.92 Å². The first-order valence-electron chi connectivity index (χ1n) is 12.6. The summed E-state index contributed by atoms with van der Waals surface area (Å²) in [6, 6.07) is -1.81. The van der Waals surface area contributed by atoms with Crippen LogP contribution in [-0.2, 0) is 57.4 Å². The highest BCUT2D eigenvalue weighted by atomic mass is 32.3. The summed E-state index contributed by atoms with van der Waals surface area (Å²) >= 11 is 0. The van der Waals surface area contributed by atoms with Crippen molar-refractivity contribution in [2.24, 2.45) is 0 Å². The molecule has 3 saturated heterocycles. The number of ether oxygens (including phenoxy) is 6. The van der Waals surface area contributed by atoms with Crippen LogP contribution < -0.4 is 5.32 Å². The molecule has 254 valence electrons. The molecular formula is C21H33NO21S. The lowest BCUT2D eigenvalue weighted by atomic mass is 9.94. The molecule has 0 aromatic carbocycles. The lowest BCUT2D eigenvalue weighted by Gasteiger charge is -2.49. The molecule has 23 heteroatoms. The monoisotopic (exact) mass is 667 g/mol. The Morgan fingerprint density at radius 3 is 1.80 bits per heavy atom. The van der Waals surface area contributed by atoms with Crippen LogP contribution in [0.5, 0.6) is 0 Å². The third kappa shape index (κ3) is 8.14. The third-order valence-electron chi connectivity index (χ3n) is 6.84. The molecule has 10 N–H and O–H groups in total. The fourth-order valence-corrected chi connectivity index (χ4v) is 5.04. The first-order chi connectivity index (χ1) is 20.4. The number of carbonyl (C=O) groups excluding carboxylic acids is 1. The molecule has 0 spiro atoms. The quantitative estimate of drug-likeness (QED) is 0.0915. The SMILES string of the molecule is CO[C@@H]1O[C@H](C(=O)O)[C@@H](O[C@@H]2O[C@H](COS(=O)(=O)O)[C@H](O)[C@H](O[C@@H]3O[C@H](C(=O)O)[C@@H](O)[C@H](O)[C@H]3O)[C@H]2NC(C)=O)[C@H](O)[C@H]1O. The van der Waals surface area contributed by atoms with Crippen LogP contribution in [0.3, 0.4) is 0 Å². The Balaban J connectivity index is 2.02. The number of nitrogens with one attached hydrogen (secondary N) is 1. The topological polar surface area (TPSA) is 344 Å². The van der Waals surface area contributed by atoms with Gasteiger partial charge in [-0.1, -0.05) is 0 Å². The number of rotatable bonds is 11. The molecule has 0 saturated carbocycles. The van der Waals surface area contributed by atoms with Gasteiger partial charge in [0.2, 0.25) is 5.91 Å². The van der Waals surface area contributed by atoms with Crippen LogP contribution in [0.2, 0.25) is 0 Å². The average Bonchev–Trinajstić information content (AvgIpc) is 2.92. The first-order valence-corrected chi connectivity index (χ1v) is 14.0. The molecule has 44 heavy (non-hydrogen) atoms. The van der Waals surface area contributed by atoms with E-state index in [1.807, 2.05) is 0 Å². The van der Waals surface area contributed by atoms with E-state index in [1.54, 1.807) is 0 Å². The number of aliphatic hydroxyl groups excluding tert-OH is 6. The van der Waals surface area contributed by atoms with Crippen molar-refractivity contribution in [3.63, 3.8) is 0 Å². The number of carboxylic acids is 2. The molecule has 1 amide bonds. The largest absolute Gasteiger partial charge is 0.479 e. The van der Waals surface area contributed by atoms with E-state index in [4.69, 9.17) is 33.0 Å². The van der Waals surface area contributed by atoms with Gasteiger partial charge in [0, 0.05) is 14.0 Å². The van der Waals surface area contributed by atoms with Crippen LogP contribution in [0.4, 0.5) is 0 Å². The summed E-state index contributed by atoms with van der Waals surface area (Å²) in [7, 11) is -4.14. The second-order valence-electron chi connectivity index (χ2n) is 9.89. The second kappa shape index (κ2) is 14.5. The van der Waals surface area contributed by atoms with E-state index in [9.17, 15) is 63.7 Å². The van der Waals surface area contributed by atoms with E-state index in [-0.39, 0.29) is 0 Å². The van der Waals surface area contributed by atoms with Crippen molar-refractivity contribution in [2.75, 3.05) is 13.7 Å². The van der Waals surface area contributed by atoms with Crippen molar-refractivity contribution in [3.8, 4) is 0 Å². The van der Waals surface area contributed by atoms with Gasteiger partial charge < -0.3 is 74.6 Å². The molecule has 3 aliphatic heterocycles. The summed E-state index contributed by atoms with van der Waals surface area (Å²) in [4.78, 5) is 35.6. The summed E-state index contributed by atoms with van der Waals surface area (Å²) in [5.74, 6) is -4.43. The molecule has 0 aromatic heterocycles. The van der Waals surface area contributed by atoms with Crippen molar-refractivity contribution in [3.05, 3.63) is 0 Å². The Morgan fingerprint density at radius 2 is 1.27 bits per heavy atom. The molecule has 0 aliphatic carbocycles. The van der Waals surface area contributed by atoms with E-state index in [2.05, 4.69) is 9.50 Å². The highest BCUT2D eigenvalue weighted by Crippen LogP contribution is 2.33. The Hall–Kier alpha value is -2.20. The normalized spacial score (nSPS) is 43.2. The lowest BCUT2D eigenvalue weighted by molar-refractivity contribution is -0.359. The number of hydrogen-bond donors (Lipinski definition) is 10. The summed E-state index contributed by atoms with van der Waals surface area (Å²) in [5, 5.41) is 83.8. The number of methoxy groups -OCH3 is 1. The highest BCUT2D eigenvalue weighted by molar-refractivity contribution is 7.80. The second-order valence-corrected chi connectivity index (χ2v) is 11.0. The van der Waals surface area contributed by atoms with Crippen LogP contribution in [-0.4, -0.2) is 177 Å². The summed E-state index contributed by atoms with van der Waals surface area (Å²) in [6.07, 6.45) is -28.7. The van der Waals surface area contributed by atoms with Gasteiger partial charge in [-0.3, -0.25) is 9.35 Å². The lowest BCUT2D eigenvalue weighted by Crippen LogP contribution is -2.70. The predicted octanol–water partition coefficient (Wildman–Crippen LogP) is -6.76. The predicted molar refractivity (Wildman–Crippen MR) is 129 cm³/mol. The third-order valence-corrected chi connectivity index (χ3v) is 7.27. The van der Waals surface area contributed by atoms with Gasteiger partial charge in [-0.2, -0.15) is 8.42 Å². The zero-order valence-corrected chi connectivity index (χ0v) is 23.5. The van der Waals surface area contributed by atoms with Gasteiger partial charge in [0.05, 0.1) is 6.61 Å². The van der Waals surface area contributed by atoms with Crippen molar-refractivity contribution in [1.82, 2.24) is 5.32 Å². The molecule has 3 heterocycles. The number of carbonyl (C=O) groups is 3. The van der Waals surface area contributed by atoms with Gasteiger partial charge in [-0.05, 0) is 0 Å². The molecule has 3 fully saturated rings. The Bertz CT molecular complexity index is 1140. The van der Waals surface area contributed by atoms with E-state index >= 15 is 0 Å². The Kier molecular flexibility index (Phi) is 11.9. The van der Waals surface area contributed by atoms with Crippen molar-refractivity contribution in [1.29, 1.82) is 0 Å². The van der Waals surface area contributed by atoms with Gasteiger partial charge in [0.15, 0.2) is 31.1 Å². The minimum absolute atomic E-state index is 0.890. The van der Waals surface area contributed by atoms with Crippen molar-refractivity contribution in [2.45, 2.75) is 99.0 Å². The zero-order valence-electron chi connectivity index (χ0n) is 22.7. The minimum atomic E-state index is -5.17. The number of hydrogen-bond acceptors (Lipinski definition) is 18. The van der Waals surface area contributed by atoms with Crippen LogP contribution in [0.25, 0.3) is 0 Å². The average molecular weight is 668 g/mol. The molecule has 0 unspecified atom stereocenters. The molecule has 0 aromatic rings. The number of aliphatic hydroxyl groups is 6. The van der Waals surface area contributed by atoms with Gasteiger partial charge in [0.1, 0.15) is 61.0 Å². The van der Waals surface area contributed by atoms with E-state index in [1.165, 1.54) is 0 Å². The fourth-order valence-electron chi connectivity index (χ4n) is 4.73. The van der Waals surface area contributed by atoms with Gasteiger partial charge in [0.25, 0.3) is 0 Å². The van der Waals surface area contributed by atoms with Gasteiger partial charge in [-0.15, -0.1) is 0 Å². The summed E-state index contributed by atoms with van der Waals surface area (Å²) in [6.45, 7) is -0.244. The maximum Gasteiger partial charge on any atom is 0.397 e. The molecular weight excluding hydrogens is 634 g/mol. The Labute approximate surface area is 247 Å². The molecule has 15 atom stereocenters. The van der Waals surface area contributed by atoms with Gasteiger partial charge in [-0.25, -0.2) is 13.8 Å². The number of amides is 1. The van der Waals surface area contributed by atoms with E-state index in [0.717, 1.165) is 14.0 Å². The van der Waals surface area contributed by atoms with Crippen LogP contribution in [0.15, 0.2) is 0 Å². The molecule has 22 nitrogen and oxygen atoms in total. The molecule has 3 rings (SSSR count). The first kappa shape index (κ1) is 36.3. The van der Waals surface area contributed by atoms with E-state index in [0.29, 0.717) is 0 Å². The van der Waals surface area contributed by atoms with Crippen molar-refractivity contribution < 1.29 is 101 Å². The van der Waals surface area contributed by atoms with E-state index < -0.39 is 127 Å². The zero-order chi connectivity index (χ0) is 33.3. The standard InChI is InChI=1S/C21H33NO21S/c1-4(23)22-6-13(40-21-11(28)8(25)9(26)15(42-21)17(30)31)7(24)5(3-38-44(34,35)36)39-19(6)41-14-10(27)12(29)20(37-2)43-16(14)18(32)33/h5-16,19-21,24-29H,3H2,1-2H3,(H,22,23)(H,30,31)(H,32,33)(H,34,35,36)/t5-,6-,7+,8+,9+,10-,11-,12-,13-,14+,15+,16+,19+,20-,21-/m1/s1. The maximum atomic E-state index is 12.2. The number of carboxylic acid groups (broad SMARTS) is 2. The molecule has 0 bridgehead atoms. The summed E-state index contributed by atoms with van der Waals surface area (Å²) in [5.41, 5.74) is 0. The van der Waals surface area contributed by atoms with Gasteiger partial charge >= 0.3 is 22.3 Å². The highest BCUT2D eigenvalue weighted by Gasteiger charge is 2.56. The summed E-state index contributed by atoms with van der Waals surface area (Å²) < 4.78 is 67.3. The van der Waals surface area contributed by atoms with Crippen LogP contribution in [0, 0.1) is 0 Å². The Morgan fingerprint density at radius 1 is 0.727 bits per heavy atom. The number of aliphatic carboxylic acids is 2. The molecule has 0 radical (unpaired) electrons. The van der Waals surface area contributed by atoms with Crippen LogP contribution >= 0.6 is 0 Å².